The molecule has 150 valence electrons. The van der Waals surface area contributed by atoms with Crippen LogP contribution in [0.5, 0.6) is 0 Å². The van der Waals surface area contributed by atoms with E-state index in [2.05, 4.69) is 30.9 Å². The molecular weight excluding hydrogens is 358 g/mol. The minimum Gasteiger partial charge on any atom is -0.492 e. The fraction of sp³-hybridized carbons (Fsp3) is 0.682. The van der Waals surface area contributed by atoms with Gasteiger partial charge in [0.25, 0.3) is 0 Å². The second kappa shape index (κ2) is 5.22. The predicted octanol–water partition coefficient (Wildman–Crippen LogP) is 2.87. The predicted molar refractivity (Wildman–Crippen MR) is 99.6 cm³/mol. The van der Waals surface area contributed by atoms with Crippen molar-refractivity contribution in [3.63, 3.8) is 0 Å². The molecule has 0 amide bonds. The summed E-state index contributed by atoms with van der Waals surface area (Å²) in [6.45, 7) is 7.21. The number of nitrogens with zero attached hydrogens (tertiary/aromatic N) is 1. The second-order valence-electron chi connectivity index (χ2n) is 9.02. The van der Waals surface area contributed by atoms with E-state index < -0.39 is 5.79 Å². The Morgan fingerprint density at radius 1 is 1.39 bits per heavy atom. The van der Waals surface area contributed by atoms with E-state index in [-0.39, 0.29) is 29.4 Å². The number of carbonyl (C=O) groups is 1. The van der Waals surface area contributed by atoms with E-state index in [4.69, 9.17) is 18.9 Å². The number of allylic oxidation sites excluding steroid dienone is 2. The summed E-state index contributed by atoms with van der Waals surface area (Å²) in [6, 6.07) is 0.445. The molecule has 0 aromatic carbocycles. The van der Waals surface area contributed by atoms with Crippen molar-refractivity contribution in [2.45, 2.75) is 63.5 Å². The van der Waals surface area contributed by atoms with E-state index in [1.165, 1.54) is 0 Å². The fourth-order valence-corrected chi connectivity index (χ4v) is 7.22. The molecule has 0 radical (unpaired) electrons. The third-order valence-electron chi connectivity index (χ3n) is 8.10. The van der Waals surface area contributed by atoms with E-state index in [1.54, 1.807) is 14.0 Å². The molecule has 6 heterocycles. The van der Waals surface area contributed by atoms with Crippen LogP contribution in [0, 0.1) is 17.8 Å². The van der Waals surface area contributed by atoms with Crippen LogP contribution in [0.3, 0.4) is 0 Å². The summed E-state index contributed by atoms with van der Waals surface area (Å²) < 4.78 is 24.5. The Hall–Kier alpha value is -1.79. The number of esters is 1. The molecule has 6 aliphatic rings. The molecule has 6 nitrogen and oxygen atoms in total. The molecule has 1 unspecified atom stereocenters. The highest BCUT2D eigenvalue weighted by atomic mass is 16.7. The van der Waals surface area contributed by atoms with Crippen molar-refractivity contribution in [1.82, 2.24) is 4.90 Å². The van der Waals surface area contributed by atoms with Crippen LogP contribution in [-0.4, -0.2) is 48.0 Å². The van der Waals surface area contributed by atoms with Gasteiger partial charge in [-0.3, -0.25) is 4.90 Å². The Balaban J connectivity index is 1.49. The zero-order chi connectivity index (χ0) is 19.4. The molecule has 5 saturated heterocycles. The van der Waals surface area contributed by atoms with Gasteiger partial charge in [-0.15, -0.1) is 0 Å². The average Bonchev–Trinajstić information content (AvgIpc) is 3.38. The van der Waals surface area contributed by atoms with Crippen LogP contribution in [0.4, 0.5) is 0 Å². The van der Waals surface area contributed by atoms with Gasteiger partial charge in [-0.05, 0) is 26.2 Å². The Morgan fingerprint density at radius 2 is 2.21 bits per heavy atom. The highest BCUT2D eigenvalue weighted by Crippen LogP contribution is 2.72. The van der Waals surface area contributed by atoms with Gasteiger partial charge in [0.15, 0.2) is 5.76 Å². The number of hydrogen-bond acceptors (Lipinski definition) is 6. The first kappa shape index (κ1) is 17.1. The van der Waals surface area contributed by atoms with Gasteiger partial charge >= 0.3 is 5.97 Å². The van der Waals surface area contributed by atoms with Crippen molar-refractivity contribution in [1.29, 1.82) is 0 Å². The van der Waals surface area contributed by atoms with Crippen LogP contribution >= 0.6 is 0 Å². The molecule has 1 spiro atoms. The lowest BCUT2D eigenvalue weighted by Gasteiger charge is -2.47. The van der Waals surface area contributed by atoms with Crippen molar-refractivity contribution in [2.75, 3.05) is 13.7 Å². The zero-order valence-electron chi connectivity index (χ0n) is 16.9. The van der Waals surface area contributed by atoms with Crippen molar-refractivity contribution < 1.29 is 23.7 Å². The van der Waals surface area contributed by atoms with E-state index in [1.807, 2.05) is 0 Å². The molecule has 6 rings (SSSR count). The Bertz CT molecular complexity index is 874. The van der Waals surface area contributed by atoms with Gasteiger partial charge in [-0.25, -0.2) is 4.79 Å². The van der Waals surface area contributed by atoms with Gasteiger partial charge in [0.05, 0.1) is 36.2 Å². The first-order valence-electron chi connectivity index (χ1n) is 10.5. The second-order valence-corrected chi connectivity index (χ2v) is 9.02. The molecule has 0 saturated carbocycles. The van der Waals surface area contributed by atoms with Gasteiger partial charge in [-0.2, -0.15) is 0 Å². The number of ether oxygens (including phenoxy) is 4. The minimum atomic E-state index is -0.609. The molecule has 28 heavy (non-hydrogen) atoms. The maximum Gasteiger partial charge on any atom is 0.343 e. The van der Waals surface area contributed by atoms with Gasteiger partial charge < -0.3 is 18.9 Å². The standard InChI is InChI=1S/C22H27NO5/c1-5-6-8-21-14-7-9-23(21)13-10-15(21)27-22(14)16(13)11(2)18(28-22)19-17(25-4)12(3)20(24)26-19/h6,8,11,13-16H,5,7,9-10H2,1-4H3/b8-6+,19-18+/t11-,13-,14+,15-,16+,21-,22+/m1/s1. The van der Waals surface area contributed by atoms with E-state index in [9.17, 15) is 4.79 Å². The number of fused-ring (bicyclic) bond motifs is 1. The van der Waals surface area contributed by atoms with Gasteiger partial charge in [-0.1, -0.05) is 26.0 Å². The number of piperidine rings is 1. The summed E-state index contributed by atoms with van der Waals surface area (Å²) in [7, 11) is 1.57. The summed E-state index contributed by atoms with van der Waals surface area (Å²) in [5.74, 6) is 1.38. The molecule has 6 aliphatic heterocycles. The monoisotopic (exact) mass is 385 g/mol. The van der Waals surface area contributed by atoms with Crippen molar-refractivity contribution in [2.24, 2.45) is 17.8 Å². The lowest BCUT2D eigenvalue weighted by atomic mass is 9.71. The molecule has 0 aromatic rings. The highest BCUT2D eigenvalue weighted by molar-refractivity contribution is 5.93. The Morgan fingerprint density at radius 3 is 2.96 bits per heavy atom. The fourth-order valence-electron chi connectivity index (χ4n) is 7.22. The highest BCUT2D eigenvalue weighted by Gasteiger charge is 2.83. The number of rotatable bonds is 3. The zero-order valence-corrected chi connectivity index (χ0v) is 16.9. The summed E-state index contributed by atoms with van der Waals surface area (Å²) in [5, 5.41) is 0. The topological polar surface area (TPSA) is 57.2 Å². The maximum absolute atomic E-state index is 12.2. The number of cyclic esters (lactones) is 1. The first-order chi connectivity index (χ1) is 13.5. The van der Waals surface area contributed by atoms with Crippen LogP contribution in [0.1, 0.15) is 40.0 Å². The van der Waals surface area contributed by atoms with Crippen LogP contribution in [0.2, 0.25) is 0 Å². The minimum absolute atomic E-state index is 0.0286. The molecule has 0 N–H and O–H groups in total. The summed E-state index contributed by atoms with van der Waals surface area (Å²) in [6.07, 6.45) is 8.04. The summed E-state index contributed by atoms with van der Waals surface area (Å²) in [5.41, 5.74) is 0.467. The molecule has 5 fully saturated rings. The number of hydrogen-bond donors (Lipinski definition) is 0. The van der Waals surface area contributed by atoms with E-state index >= 15 is 0 Å². The molecule has 0 aromatic heterocycles. The number of carbonyl (C=O) groups excluding carboxylic acids is 1. The molecule has 8 atom stereocenters. The van der Waals surface area contributed by atoms with Gasteiger partial charge in [0.1, 0.15) is 5.76 Å². The normalized spacial score (nSPS) is 52.8. The van der Waals surface area contributed by atoms with Gasteiger partial charge in [0.2, 0.25) is 11.5 Å². The maximum atomic E-state index is 12.2. The van der Waals surface area contributed by atoms with Crippen molar-refractivity contribution in [3.05, 3.63) is 35.0 Å². The van der Waals surface area contributed by atoms with Crippen molar-refractivity contribution >= 4 is 5.97 Å². The summed E-state index contributed by atoms with van der Waals surface area (Å²) in [4.78, 5) is 14.9. The van der Waals surface area contributed by atoms with Crippen molar-refractivity contribution in [3.8, 4) is 0 Å². The SMILES string of the molecule is CC/C=C/[C@]12[C@@H]3CCN1[C@@H]1C[C@H]2O[C@]32O/C(=C3/OC(=O)C(C)=C3OC)[C@H](C)[C@@H]12. The van der Waals surface area contributed by atoms with Crippen LogP contribution < -0.4 is 0 Å². The third-order valence-corrected chi connectivity index (χ3v) is 8.10. The van der Waals surface area contributed by atoms with Crippen LogP contribution in [0.25, 0.3) is 0 Å². The third kappa shape index (κ3) is 1.60. The van der Waals surface area contributed by atoms with E-state index in [0.717, 1.165) is 31.6 Å². The Kier molecular flexibility index (Phi) is 3.19. The Labute approximate surface area is 165 Å². The lowest BCUT2D eigenvalue weighted by molar-refractivity contribution is -0.255. The molecule has 6 heteroatoms. The summed E-state index contributed by atoms with van der Waals surface area (Å²) >= 11 is 0. The molecular formula is C22H27NO5. The molecule has 5 bridgehead atoms. The molecule has 0 aliphatic carbocycles. The quantitative estimate of drug-likeness (QED) is 0.550. The average molecular weight is 385 g/mol. The van der Waals surface area contributed by atoms with Crippen LogP contribution in [-0.2, 0) is 23.7 Å². The first-order valence-corrected chi connectivity index (χ1v) is 10.5. The smallest absolute Gasteiger partial charge is 0.343 e. The number of methoxy groups -OCH3 is 1. The van der Waals surface area contributed by atoms with Crippen LogP contribution in [0.15, 0.2) is 35.0 Å². The van der Waals surface area contributed by atoms with E-state index in [0.29, 0.717) is 29.1 Å². The van der Waals surface area contributed by atoms with Gasteiger partial charge in [0, 0.05) is 18.5 Å². The largest absolute Gasteiger partial charge is 0.492 e. The lowest BCUT2D eigenvalue weighted by Crippen LogP contribution is -2.60.